The largest absolute Gasteiger partial charge is 0.497 e. The zero-order chi connectivity index (χ0) is 20.6. The fraction of sp³-hybridized carbons (Fsp3) is 0.125. The maximum Gasteiger partial charge on any atom is 0.201 e. The van der Waals surface area contributed by atoms with Gasteiger partial charge in [0.1, 0.15) is 17.2 Å². The molecule has 5 nitrogen and oxygen atoms in total. The smallest absolute Gasteiger partial charge is 0.201 e. The van der Waals surface area contributed by atoms with E-state index in [1.54, 1.807) is 51.8 Å². The van der Waals surface area contributed by atoms with Crippen LogP contribution in [0.2, 0.25) is 0 Å². The number of aromatic amines is 1. The average Bonchev–Trinajstić information content (AvgIpc) is 3.31. The number of benzene rings is 2. The predicted octanol–water partition coefficient (Wildman–Crippen LogP) is 5.11. The van der Waals surface area contributed by atoms with Crippen LogP contribution in [0.15, 0.2) is 60.8 Å². The van der Waals surface area contributed by atoms with Gasteiger partial charge in [-0.05, 0) is 53.6 Å². The third-order valence-electron chi connectivity index (χ3n) is 4.44. The van der Waals surface area contributed by atoms with Crippen LogP contribution < -0.4 is 14.2 Å². The second kappa shape index (κ2) is 9.46. The zero-order valence-corrected chi connectivity index (χ0v) is 16.6. The van der Waals surface area contributed by atoms with Crippen LogP contribution >= 0.6 is 0 Å². The standard InChI is InChI=1S/C24H23NO4/c1-27-19-10-7-17(8-11-19)6-9-18-15-20(28-2)16-24(29-3)21(18)12-13-23(26)22-5-4-14-25-22/h4-16,25H,1-3H3/b9-6+,13-12+. The Morgan fingerprint density at radius 1 is 0.862 bits per heavy atom. The Labute approximate surface area is 170 Å². The molecule has 2 aromatic carbocycles. The predicted molar refractivity (Wildman–Crippen MR) is 116 cm³/mol. The minimum atomic E-state index is -0.113. The summed E-state index contributed by atoms with van der Waals surface area (Å²) in [7, 11) is 4.84. The van der Waals surface area contributed by atoms with Crippen LogP contribution in [0.4, 0.5) is 0 Å². The van der Waals surface area contributed by atoms with Crippen molar-refractivity contribution in [1.82, 2.24) is 4.98 Å². The summed E-state index contributed by atoms with van der Waals surface area (Å²) in [5.41, 5.74) is 3.21. The molecule has 0 spiro atoms. The molecule has 1 N–H and O–H groups in total. The van der Waals surface area contributed by atoms with Gasteiger partial charge in [0.15, 0.2) is 0 Å². The first-order chi connectivity index (χ1) is 14.1. The molecule has 0 radical (unpaired) electrons. The van der Waals surface area contributed by atoms with Crippen LogP contribution in [0, 0.1) is 0 Å². The highest BCUT2D eigenvalue weighted by Gasteiger charge is 2.10. The topological polar surface area (TPSA) is 60.6 Å². The maximum atomic E-state index is 12.3. The number of ether oxygens (including phenoxy) is 3. The number of hydrogen-bond acceptors (Lipinski definition) is 4. The first-order valence-corrected chi connectivity index (χ1v) is 9.08. The first kappa shape index (κ1) is 20.0. The molecule has 0 fully saturated rings. The molecule has 0 aliphatic carbocycles. The lowest BCUT2D eigenvalue weighted by molar-refractivity contribution is 0.104. The van der Waals surface area contributed by atoms with Gasteiger partial charge in [-0.1, -0.05) is 24.3 Å². The monoisotopic (exact) mass is 389 g/mol. The van der Waals surface area contributed by atoms with Crippen LogP contribution in [-0.2, 0) is 0 Å². The lowest BCUT2D eigenvalue weighted by atomic mass is 10.0. The van der Waals surface area contributed by atoms with E-state index in [0.29, 0.717) is 17.2 Å². The second-order valence-electron chi connectivity index (χ2n) is 6.22. The normalized spacial score (nSPS) is 11.1. The molecule has 0 saturated heterocycles. The van der Waals surface area contributed by atoms with Crippen molar-refractivity contribution in [1.29, 1.82) is 0 Å². The van der Waals surface area contributed by atoms with Gasteiger partial charge in [0.2, 0.25) is 5.78 Å². The summed E-state index contributed by atoms with van der Waals surface area (Å²) in [6, 6.07) is 15.0. The minimum Gasteiger partial charge on any atom is -0.497 e. The van der Waals surface area contributed by atoms with Gasteiger partial charge in [0.05, 0.1) is 27.0 Å². The molecule has 0 aliphatic heterocycles. The quantitative estimate of drug-likeness (QED) is 0.330. The molecule has 0 aliphatic rings. The van der Waals surface area contributed by atoms with Gasteiger partial charge >= 0.3 is 0 Å². The highest BCUT2D eigenvalue weighted by atomic mass is 16.5. The number of aromatic nitrogens is 1. The molecular weight excluding hydrogens is 366 g/mol. The van der Waals surface area contributed by atoms with Crippen LogP contribution in [0.5, 0.6) is 17.2 Å². The number of H-pyrrole nitrogens is 1. The number of rotatable bonds is 8. The Morgan fingerprint density at radius 3 is 2.24 bits per heavy atom. The van der Waals surface area contributed by atoms with Crippen molar-refractivity contribution < 1.29 is 19.0 Å². The minimum absolute atomic E-state index is 0.113. The molecule has 3 rings (SSSR count). The number of nitrogens with one attached hydrogen (secondary N) is 1. The first-order valence-electron chi connectivity index (χ1n) is 9.08. The van der Waals surface area contributed by atoms with Gasteiger partial charge in [0.25, 0.3) is 0 Å². The van der Waals surface area contributed by atoms with E-state index in [9.17, 15) is 4.79 Å². The van der Waals surface area contributed by atoms with Gasteiger partial charge in [-0.3, -0.25) is 4.79 Å². The molecule has 0 amide bonds. The van der Waals surface area contributed by atoms with Crippen LogP contribution in [0.1, 0.15) is 27.2 Å². The zero-order valence-electron chi connectivity index (χ0n) is 16.6. The van der Waals surface area contributed by atoms with Crippen molar-refractivity contribution in [2.24, 2.45) is 0 Å². The molecule has 1 heterocycles. The number of carbonyl (C=O) groups is 1. The van der Waals surface area contributed by atoms with Gasteiger partial charge in [0, 0.05) is 17.8 Å². The summed E-state index contributed by atoms with van der Waals surface area (Å²) in [6.07, 6.45) is 8.96. The van der Waals surface area contributed by atoms with Crippen molar-refractivity contribution in [3.63, 3.8) is 0 Å². The summed E-state index contributed by atoms with van der Waals surface area (Å²) >= 11 is 0. The molecule has 0 atom stereocenters. The molecule has 5 heteroatoms. The Kier molecular flexibility index (Phi) is 6.53. The molecule has 148 valence electrons. The summed E-state index contributed by atoms with van der Waals surface area (Å²) in [5.74, 6) is 1.98. The third-order valence-corrected chi connectivity index (χ3v) is 4.44. The highest BCUT2D eigenvalue weighted by Crippen LogP contribution is 2.31. The SMILES string of the molecule is COc1ccc(/C=C/c2cc(OC)cc(OC)c2/C=C/C(=O)c2ccc[nH]2)cc1. The lowest BCUT2D eigenvalue weighted by Crippen LogP contribution is -1.96. The summed E-state index contributed by atoms with van der Waals surface area (Å²) in [6.45, 7) is 0. The highest BCUT2D eigenvalue weighted by molar-refractivity contribution is 6.06. The fourth-order valence-electron chi connectivity index (χ4n) is 2.86. The van der Waals surface area contributed by atoms with Crippen molar-refractivity contribution in [3.8, 4) is 17.2 Å². The molecule has 1 aromatic heterocycles. The van der Waals surface area contributed by atoms with Crippen LogP contribution in [-0.4, -0.2) is 32.1 Å². The molecular formula is C24H23NO4. The number of carbonyl (C=O) groups excluding carboxylic acids is 1. The number of methoxy groups -OCH3 is 3. The Morgan fingerprint density at radius 2 is 1.62 bits per heavy atom. The van der Waals surface area contributed by atoms with E-state index < -0.39 is 0 Å². The average molecular weight is 389 g/mol. The van der Waals surface area contributed by atoms with Gasteiger partial charge in [-0.25, -0.2) is 0 Å². The van der Waals surface area contributed by atoms with Gasteiger partial charge in [-0.2, -0.15) is 0 Å². The van der Waals surface area contributed by atoms with Crippen LogP contribution in [0.25, 0.3) is 18.2 Å². The van der Waals surface area contributed by atoms with E-state index in [1.165, 1.54) is 6.08 Å². The molecule has 0 unspecified atom stereocenters. The molecule has 29 heavy (non-hydrogen) atoms. The number of allylic oxidation sites excluding steroid dienone is 1. The van der Waals surface area contributed by atoms with E-state index in [4.69, 9.17) is 14.2 Å². The molecule has 3 aromatic rings. The van der Waals surface area contributed by atoms with Crippen molar-refractivity contribution in [3.05, 3.63) is 83.2 Å². The number of ketones is 1. The van der Waals surface area contributed by atoms with Crippen LogP contribution in [0.3, 0.4) is 0 Å². The fourth-order valence-corrected chi connectivity index (χ4v) is 2.86. The van der Waals surface area contributed by atoms with Crippen molar-refractivity contribution in [2.45, 2.75) is 0 Å². The van der Waals surface area contributed by atoms with E-state index >= 15 is 0 Å². The summed E-state index contributed by atoms with van der Waals surface area (Å²) in [4.78, 5) is 15.3. The van der Waals surface area contributed by atoms with E-state index in [1.807, 2.05) is 42.5 Å². The third kappa shape index (κ3) is 4.96. The van der Waals surface area contributed by atoms with Crippen molar-refractivity contribution >= 4 is 24.0 Å². The van der Waals surface area contributed by atoms with E-state index in [-0.39, 0.29) is 5.78 Å². The van der Waals surface area contributed by atoms with Gasteiger partial charge in [-0.15, -0.1) is 0 Å². The van der Waals surface area contributed by atoms with E-state index in [2.05, 4.69) is 4.98 Å². The maximum absolute atomic E-state index is 12.3. The second-order valence-corrected chi connectivity index (χ2v) is 6.22. The molecule has 0 saturated carbocycles. The summed E-state index contributed by atoms with van der Waals surface area (Å²) < 4.78 is 16.1. The number of hydrogen-bond donors (Lipinski definition) is 1. The molecule has 0 bridgehead atoms. The van der Waals surface area contributed by atoms with Gasteiger partial charge < -0.3 is 19.2 Å². The Hall–Kier alpha value is -3.73. The Balaban J connectivity index is 1.97. The Bertz CT molecular complexity index is 1020. The van der Waals surface area contributed by atoms with Crippen molar-refractivity contribution in [2.75, 3.05) is 21.3 Å². The lowest BCUT2D eigenvalue weighted by Gasteiger charge is -2.11. The van der Waals surface area contributed by atoms with E-state index in [0.717, 1.165) is 22.4 Å². The summed E-state index contributed by atoms with van der Waals surface area (Å²) in [5, 5.41) is 0.